The molecule has 1 aromatic carbocycles. The minimum absolute atomic E-state index is 0.0945. The summed E-state index contributed by atoms with van der Waals surface area (Å²) in [7, 11) is 1.57. The molecule has 0 aliphatic rings. The zero-order chi connectivity index (χ0) is 14.6. The lowest BCUT2D eigenvalue weighted by Gasteiger charge is -2.25. The molecule has 0 bridgehead atoms. The fraction of sp³-hybridized carbons (Fsp3) is 0.417. The SMILES string of the molecule is CNC(C)(COc1ccc(C)cc1[N+](=O)[O-])C(N)=O. The van der Waals surface area contributed by atoms with Crippen molar-refractivity contribution >= 4 is 11.6 Å². The molecular formula is C12H17N3O4. The first-order valence-electron chi connectivity index (χ1n) is 5.67. The largest absolute Gasteiger partial charge is 0.484 e. The van der Waals surface area contributed by atoms with Gasteiger partial charge in [0.2, 0.25) is 5.91 Å². The molecule has 1 atom stereocenters. The number of ether oxygens (including phenoxy) is 1. The highest BCUT2D eigenvalue weighted by Crippen LogP contribution is 2.28. The number of nitrogens with one attached hydrogen (secondary N) is 1. The molecule has 0 radical (unpaired) electrons. The number of aryl methyl sites for hydroxylation is 1. The third kappa shape index (κ3) is 3.41. The molecule has 7 heteroatoms. The molecular weight excluding hydrogens is 250 g/mol. The van der Waals surface area contributed by atoms with Gasteiger partial charge in [-0.3, -0.25) is 14.9 Å². The molecule has 1 amide bonds. The van der Waals surface area contributed by atoms with E-state index < -0.39 is 16.4 Å². The fourth-order valence-electron chi connectivity index (χ4n) is 1.38. The molecule has 0 saturated carbocycles. The van der Waals surface area contributed by atoms with Crippen LogP contribution in [-0.2, 0) is 4.79 Å². The first kappa shape index (κ1) is 14.9. The highest BCUT2D eigenvalue weighted by molar-refractivity contribution is 5.84. The van der Waals surface area contributed by atoms with Crippen molar-refractivity contribution in [3.8, 4) is 5.75 Å². The predicted octanol–water partition coefficient (Wildman–Crippen LogP) is 0.745. The van der Waals surface area contributed by atoms with Crippen LogP contribution in [0.3, 0.4) is 0 Å². The molecule has 7 nitrogen and oxygen atoms in total. The molecule has 0 fully saturated rings. The monoisotopic (exact) mass is 267 g/mol. The molecule has 0 saturated heterocycles. The number of carbonyl (C=O) groups excluding carboxylic acids is 1. The van der Waals surface area contributed by atoms with Gasteiger partial charge < -0.3 is 15.8 Å². The Balaban J connectivity index is 2.95. The van der Waals surface area contributed by atoms with Crippen LogP contribution in [0.1, 0.15) is 12.5 Å². The summed E-state index contributed by atoms with van der Waals surface area (Å²) in [5, 5.41) is 13.7. The smallest absolute Gasteiger partial charge is 0.311 e. The Labute approximate surface area is 110 Å². The van der Waals surface area contributed by atoms with E-state index in [0.29, 0.717) is 0 Å². The second-order valence-corrected chi connectivity index (χ2v) is 4.46. The number of hydrogen-bond acceptors (Lipinski definition) is 5. The zero-order valence-corrected chi connectivity index (χ0v) is 11.1. The second-order valence-electron chi connectivity index (χ2n) is 4.46. The molecule has 0 heterocycles. The first-order valence-corrected chi connectivity index (χ1v) is 5.67. The van der Waals surface area contributed by atoms with Gasteiger partial charge in [-0.2, -0.15) is 0 Å². The average molecular weight is 267 g/mol. The number of nitrogens with two attached hydrogens (primary N) is 1. The number of likely N-dealkylation sites (N-methyl/N-ethyl adjacent to an activating group) is 1. The van der Waals surface area contributed by atoms with Crippen LogP contribution in [0.5, 0.6) is 5.75 Å². The van der Waals surface area contributed by atoms with E-state index in [1.807, 2.05) is 0 Å². The molecule has 1 rings (SSSR count). The Morgan fingerprint density at radius 3 is 2.68 bits per heavy atom. The van der Waals surface area contributed by atoms with E-state index in [2.05, 4.69) is 5.32 Å². The summed E-state index contributed by atoms with van der Waals surface area (Å²) in [4.78, 5) is 21.7. The maximum atomic E-state index is 11.3. The number of primary amides is 1. The van der Waals surface area contributed by atoms with Crippen LogP contribution in [0.15, 0.2) is 18.2 Å². The van der Waals surface area contributed by atoms with Crippen molar-refractivity contribution in [3.63, 3.8) is 0 Å². The van der Waals surface area contributed by atoms with Gasteiger partial charge >= 0.3 is 5.69 Å². The Hall–Kier alpha value is -2.15. The number of carbonyl (C=O) groups is 1. The first-order chi connectivity index (χ1) is 8.80. The van der Waals surface area contributed by atoms with Crippen LogP contribution >= 0.6 is 0 Å². The zero-order valence-electron chi connectivity index (χ0n) is 11.1. The number of rotatable bonds is 6. The normalized spacial score (nSPS) is 13.6. The predicted molar refractivity (Wildman–Crippen MR) is 70.0 cm³/mol. The van der Waals surface area contributed by atoms with Crippen molar-refractivity contribution in [2.75, 3.05) is 13.7 Å². The van der Waals surface area contributed by atoms with Crippen LogP contribution in [0, 0.1) is 17.0 Å². The quantitative estimate of drug-likeness (QED) is 0.584. The van der Waals surface area contributed by atoms with Crippen molar-refractivity contribution in [3.05, 3.63) is 33.9 Å². The van der Waals surface area contributed by atoms with Crippen molar-refractivity contribution < 1.29 is 14.5 Å². The van der Waals surface area contributed by atoms with Gasteiger partial charge in [-0.1, -0.05) is 6.07 Å². The third-order valence-electron chi connectivity index (χ3n) is 2.92. The van der Waals surface area contributed by atoms with Crippen molar-refractivity contribution in [1.82, 2.24) is 5.32 Å². The summed E-state index contributed by atoms with van der Waals surface area (Å²) in [5.74, 6) is -0.483. The van der Waals surface area contributed by atoms with Crippen molar-refractivity contribution in [2.24, 2.45) is 5.73 Å². The summed E-state index contributed by atoms with van der Waals surface area (Å²) >= 11 is 0. The Morgan fingerprint density at radius 2 is 2.21 bits per heavy atom. The standard InChI is InChI=1S/C12H17N3O4/c1-8-4-5-10(9(6-8)15(17)18)19-7-12(2,14-3)11(13)16/h4-6,14H,7H2,1-3H3,(H2,13,16). The molecule has 0 aliphatic heterocycles. The number of hydrogen-bond donors (Lipinski definition) is 2. The minimum atomic E-state index is -1.08. The van der Waals surface area contributed by atoms with E-state index in [4.69, 9.17) is 10.5 Å². The second kappa shape index (κ2) is 5.66. The summed E-state index contributed by atoms with van der Waals surface area (Å²) in [6, 6.07) is 4.62. The Morgan fingerprint density at radius 1 is 1.58 bits per heavy atom. The van der Waals surface area contributed by atoms with E-state index in [9.17, 15) is 14.9 Å². The molecule has 19 heavy (non-hydrogen) atoms. The molecule has 0 aliphatic carbocycles. The topological polar surface area (TPSA) is 107 Å². The average Bonchev–Trinajstić information content (AvgIpc) is 2.36. The van der Waals surface area contributed by atoms with Crippen LogP contribution in [-0.4, -0.2) is 30.0 Å². The summed E-state index contributed by atoms with van der Waals surface area (Å²) in [5.41, 5.74) is 4.79. The molecule has 1 aromatic rings. The maximum absolute atomic E-state index is 11.3. The molecule has 1 unspecified atom stereocenters. The van der Waals surface area contributed by atoms with Gasteiger partial charge in [-0.15, -0.1) is 0 Å². The summed E-state index contributed by atoms with van der Waals surface area (Å²) in [6.45, 7) is 3.22. The number of benzene rings is 1. The minimum Gasteiger partial charge on any atom is -0.484 e. The van der Waals surface area contributed by atoms with Crippen molar-refractivity contribution in [1.29, 1.82) is 0 Å². The molecule has 3 N–H and O–H groups in total. The van der Waals surface area contributed by atoms with Crippen LogP contribution in [0.2, 0.25) is 0 Å². The molecule has 0 spiro atoms. The highest BCUT2D eigenvalue weighted by atomic mass is 16.6. The van der Waals surface area contributed by atoms with Gasteiger partial charge in [0.25, 0.3) is 0 Å². The van der Waals surface area contributed by atoms with E-state index in [1.54, 1.807) is 27.0 Å². The van der Waals surface area contributed by atoms with E-state index >= 15 is 0 Å². The van der Waals surface area contributed by atoms with Crippen LogP contribution in [0.4, 0.5) is 5.69 Å². The van der Waals surface area contributed by atoms with Gasteiger partial charge in [0.15, 0.2) is 5.75 Å². The highest BCUT2D eigenvalue weighted by Gasteiger charge is 2.31. The number of amides is 1. The van der Waals surface area contributed by atoms with Crippen LogP contribution < -0.4 is 15.8 Å². The lowest BCUT2D eigenvalue weighted by molar-refractivity contribution is -0.386. The Kier molecular flexibility index (Phi) is 4.44. The van der Waals surface area contributed by atoms with Gasteiger partial charge in [0, 0.05) is 6.07 Å². The van der Waals surface area contributed by atoms with Gasteiger partial charge in [0.05, 0.1) is 4.92 Å². The lowest BCUT2D eigenvalue weighted by atomic mass is 10.0. The van der Waals surface area contributed by atoms with E-state index in [0.717, 1.165) is 5.56 Å². The van der Waals surface area contributed by atoms with Gasteiger partial charge in [0.1, 0.15) is 12.1 Å². The molecule has 0 aromatic heterocycles. The van der Waals surface area contributed by atoms with E-state index in [1.165, 1.54) is 12.1 Å². The third-order valence-corrected chi connectivity index (χ3v) is 2.92. The Bertz CT molecular complexity index is 504. The van der Waals surface area contributed by atoms with Gasteiger partial charge in [-0.05, 0) is 32.5 Å². The fourth-order valence-corrected chi connectivity index (χ4v) is 1.38. The van der Waals surface area contributed by atoms with Crippen molar-refractivity contribution in [2.45, 2.75) is 19.4 Å². The maximum Gasteiger partial charge on any atom is 0.311 e. The van der Waals surface area contributed by atoms with E-state index in [-0.39, 0.29) is 18.0 Å². The summed E-state index contributed by atoms with van der Waals surface area (Å²) < 4.78 is 5.37. The number of nitro groups is 1. The summed E-state index contributed by atoms with van der Waals surface area (Å²) in [6.07, 6.45) is 0. The number of nitro benzene ring substituents is 1. The van der Waals surface area contributed by atoms with Gasteiger partial charge in [-0.25, -0.2) is 0 Å². The van der Waals surface area contributed by atoms with Crippen LogP contribution in [0.25, 0.3) is 0 Å². The lowest BCUT2D eigenvalue weighted by Crippen LogP contribution is -2.55. The number of nitrogens with zero attached hydrogens (tertiary/aromatic N) is 1. The molecule has 104 valence electrons.